The molecule has 9 N–H and O–H groups in total. The summed E-state index contributed by atoms with van der Waals surface area (Å²) in [5.41, 5.74) is 9.16. The Hall–Kier alpha value is -7.15. The monoisotopic (exact) mass is 1170 g/mol. The van der Waals surface area contributed by atoms with Crippen LogP contribution in [0.3, 0.4) is 0 Å². The summed E-state index contributed by atoms with van der Waals surface area (Å²) in [6.45, 7) is 4.43. The van der Waals surface area contributed by atoms with Gasteiger partial charge in [0.1, 0.15) is 76.4 Å². The predicted molar refractivity (Wildman–Crippen MR) is 294 cm³/mol. The van der Waals surface area contributed by atoms with E-state index in [1.54, 1.807) is 61.0 Å². The molecule has 9 heterocycles. The largest absolute Gasteiger partial charge is 0.481 e. The number of benzene rings is 1. The zero-order valence-electron chi connectivity index (χ0n) is 41.2. The summed E-state index contributed by atoms with van der Waals surface area (Å²) in [4.78, 5) is 115. The molecule has 0 radical (unpaired) electrons. The Morgan fingerprint density at radius 2 is 1.44 bits per heavy atom. The molecule has 0 spiro atoms. The molecular formula is C50H47N13O9S6. The average molecular weight is 1170 g/mol. The Labute approximate surface area is 468 Å². The second-order valence-electron chi connectivity index (χ2n) is 18.2. The first-order valence-electron chi connectivity index (χ1n) is 24.2. The number of nitrogens with one attached hydrogen (secondary N) is 4. The SMILES string of the molecule is Cc1sc2nc1C(=O)N[C@@H]([C@H](O)c1ccccc1)c1nc(cs1)C(=O)NC(=O)N1C[C@H](O)[C@H](C)[C@H]1c1nc(cs1)-c1nc(cs1)-c1nc(-c3nc(CNCCCCC(=O)O)cs3)ccc1-c1nc(cs1)C(=O)N[C@H]2CC(N)=O. The number of carboxylic acid groups (broad SMARTS) is 1. The number of carbonyl (C=O) groups excluding carboxylic acids is 5. The Morgan fingerprint density at radius 3 is 2.23 bits per heavy atom. The molecule has 402 valence electrons. The molecule has 8 aromatic rings. The summed E-state index contributed by atoms with van der Waals surface area (Å²) >= 11 is 7.19. The normalized spacial score (nSPS) is 19.2. The van der Waals surface area contributed by atoms with Crippen molar-refractivity contribution in [1.82, 2.24) is 61.1 Å². The molecule has 1 saturated heterocycles. The van der Waals surface area contributed by atoms with E-state index in [1.165, 1.54) is 55.6 Å². The van der Waals surface area contributed by atoms with Gasteiger partial charge in [0, 0.05) is 62.8 Å². The average Bonchev–Trinajstić information content (AvgIpc) is 4.30. The maximum Gasteiger partial charge on any atom is 0.325 e. The van der Waals surface area contributed by atoms with Crippen LogP contribution in [0, 0.1) is 12.8 Å². The number of amides is 6. The standard InChI is InChI=1S/C50H47N13O9S6/c1-22-33(64)16-63-39(22)49-59-32(21-77-49)46-56-29(18-75-46)37-26(11-12-27(54-37)45-53-25(17-73-45)15-52-13-7-6-10-35(66)67)44-57-30(19-74-44)41(69)55-28(14-34(51)65)47-61-36(23(2)78-47)43(71)60-38(40(68)24-8-4-3-5-9-24)48-58-31(20-76-48)42(70)62-50(63)72/h3-5,8-9,11-12,17-22,28,33,38-40,52,64,68H,6-7,10,13-16H2,1-2H3,(H2,51,65)(H,55,69)(H,60,71)(H,66,67)(H,62,70,72)/t22-,28-,33-,38-,39-,40+/m0/s1. The summed E-state index contributed by atoms with van der Waals surface area (Å²) in [5.74, 6) is -4.31. The minimum absolute atomic E-state index is 0.0147. The summed E-state index contributed by atoms with van der Waals surface area (Å²) < 4.78 is 0. The van der Waals surface area contributed by atoms with Crippen LogP contribution in [0.2, 0.25) is 0 Å². The van der Waals surface area contributed by atoms with Crippen molar-refractivity contribution in [3.05, 3.63) is 118 Å². The lowest BCUT2D eigenvalue weighted by atomic mass is 10.0. The molecule has 0 aliphatic carbocycles. The van der Waals surface area contributed by atoms with Crippen LogP contribution in [-0.2, 0) is 16.1 Å². The van der Waals surface area contributed by atoms with Gasteiger partial charge in [-0.05, 0) is 44.0 Å². The van der Waals surface area contributed by atoms with E-state index < -0.39 is 71.9 Å². The molecule has 0 saturated carbocycles. The Kier molecular flexibility index (Phi) is 16.3. The van der Waals surface area contributed by atoms with Gasteiger partial charge < -0.3 is 41.9 Å². The van der Waals surface area contributed by atoms with E-state index in [0.29, 0.717) is 84.7 Å². The molecule has 10 rings (SSSR count). The second-order valence-corrected chi connectivity index (χ2v) is 23.8. The first-order valence-corrected chi connectivity index (χ1v) is 29.4. The number of aliphatic hydroxyl groups is 2. The van der Waals surface area contributed by atoms with Crippen LogP contribution in [0.5, 0.6) is 0 Å². The minimum Gasteiger partial charge on any atom is -0.481 e. The Balaban J connectivity index is 1.02. The molecule has 6 amide bonds. The van der Waals surface area contributed by atoms with Crippen molar-refractivity contribution in [1.29, 1.82) is 0 Å². The van der Waals surface area contributed by atoms with Crippen LogP contribution in [0.4, 0.5) is 4.79 Å². The number of aliphatic hydroxyl groups excluding tert-OH is 2. The molecule has 1 aromatic carbocycles. The predicted octanol–water partition coefficient (Wildman–Crippen LogP) is 6.91. The van der Waals surface area contributed by atoms with E-state index in [-0.39, 0.29) is 46.5 Å². The molecule has 6 atom stereocenters. The number of nitrogens with two attached hydrogens (primary N) is 1. The molecule has 2 aliphatic rings. The lowest BCUT2D eigenvalue weighted by Crippen LogP contribution is -2.43. The number of carbonyl (C=O) groups is 6. The molecule has 7 aromatic heterocycles. The fourth-order valence-electron chi connectivity index (χ4n) is 8.77. The van der Waals surface area contributed by atoms with Gasteiger partial charge in [-0.3, -0.25) is 29.3 Å². The number of unbranched alkanes of at least 4 members (excludes halogenated alkanes) is 1. The van der Waals surface area contributed by atoms with Crippen LogP contribution in [0.15, 0.2) is 69.4 Å². The Bertz CT molecular complexity index is 3550. The smallest absolute Gasteiger partial charge is 0.325 e. The van der Waals surface area contributed by atoms with Gasteiger partial charge in [-0.15, -0.1) is 68.0 Å². The van der Waals surface area contributed by atoms with Gasteiger partial charge in [0.15, 0.2) is 0 Å². The molecule has 10 bridgehead atoms. The molecule has 22 nitrogen and oxygen atoms in total. The number of pyridine rings is 1. The van der Waals surface area contributed by atoms with Crippen molar-refractivity contribution < 1.29 is 44.1 Å². The maximum absolute atomic E-state index is 14.3. The first kappa shape index (κ1) is 54.2. The number of imide groups is 1. The van der Waals surface area contributed by atoms with Gasteiger partial charge in [0.2, 0.25) is 5.91 Å². The summed E-state index contributed by atoms with van der Waals surface area (Å²) in [5, 5.41) is 54.2. The van der Waals surface area contributed by atoms with Gasteiger partial charge >= 0.3 is 12.0 Å². The van der Waals surface area contributed by atoms with Gasteiger partial charge in [-0.25, -0.2) is 39.7 Å². The quantitative estimate of drug-likeness (QED) is 0.0576. The number of urea groups is 1. The number of carboxylic acids is 1. The van der Waals surface area contributed by atoms with E-state index in [9.17, 15) is 39.0 Å². The van der Waals surface area contributed by atoms with Crippen LogP contribution in [0.1, 0.15) is 119 Å². The zero-order valence-corrected chi connectivity index (χ0v) is 46.1. The molecule has 78 heavy (non-hydrogen) atoms. The van der Waals surface area contributed by atoms with E-state index in [4.69, 9.17) is 35.8 Å². The van der Waals surface area contributed by atoms with Crippen molar-refractivity contribution in [3.8, 4) is 43.4 Å². The van der Waals surface area contributed by atoms with Crippen LogP contribution in [0.25, 0.3) is 43.4 Å². The number of fused-ring (bicyclic) bond motifs is 16. The number of nitrogens with zero attached hydrogens (tertiary/aromatic N) is 8. The number of thiazole rings is 6. The molecule has 1 fully saturated rings. The Morgan fingerprint density at radius 1 is 0.744 bits per heavy atom. The number of primary amides is 1. The highest BCUT2D eigenvalue weighted by Crippen LogP contribution is 2.42. The fraction of sp³-hybridized carbons (Fsp3) is 0.300. The number of hydrogen-bond donors (Lipinski definition) is 8. The molecule has 2 aliphatic heterocycles. The van der Waals surface area contributed by atoms with Crippen molar-refractivity contribution in [3.63, 3.8) is 0 Å². The van der Waals surface area contributed by atoms with Crippen molar-refractivity contribution >= 4 is 104 Å². The van der Waals surface area contributed by atoms with E-state index >= 15 is 0 Å². The molecule has 28 heteroatoms. The fourth-order valence-corrected chi connectivity index (χ4v) is 14.1. The lowest BCUT2D eigenvalue weighted by molar-refractivity contribution is -0.137. The van der Waals surface area contributed by atoms with E-state index in [1.807, 2.05) is 16.8 Å². The topological polar surface area (TPSA) is 331 Å². The van der Waals surface area contributed by atoms with E-state index in [2.05, 4.69) is 31.2 Å². The minimum atomic E-state index is -1.38. The second kappa shape index (κ2) is 23.4. The third kappa shape index (κ3) is 11.8. The number of aryl methyl sites for hydroxylation is 1. The van der Waals surface area contributed by atoms with Gasteiger partial charge in [-0.1, -0.05) is 37.3 Å². The van der Waals surface area contributed by atoms with Crippen molar-refractivity contribution in [2.45, 2.75) is 76.4 Å². The van der Waals surface area contributed by atoms with Crippen molar-refractivity contribution in [2.75, 3.05) is 13.1 Å². The van der Waals surface area contributed by atoms with Gasteiger partial charge in [-0.2, -0.15) is 0 Å². The first-order chi connectivity index (χ1) is 37.6. The summed E-state index contributed by atoms with van der Waals surface area (Å²) in [6.07, 6.45) is -1.33. The van der Waals surface area contributed by atoms with Gasteiger partial charge in [0.25, 0.3) is 17.7 Å². The number of rotatable bonds is 12. The van der Waals surface area contributed by atoms with Crippen LogP contribution >= 0.6 is 68.0 Å². The lowest BCUT2D eigenvalue weighted by Gasteiger charge is -2.24. The van der Waals surface area contributed by atoms with Crippen molar-refractivity contribution in [2.24, 2.45) is 11.7 Å². The van der Waals surface area contributed by atoms with Crippen LogP contribution in [-0.4, -0.2) is 110 Å². The number of hydrogen-bond acceptors (Lipinski definition) is 22. The maximum atomic E-state index is 14.3. The third-order valence-electron chi connectivity index (χ3n) is 12.8. The highest BCUT2D eigenvalue weighted by molar-refractivity contribution is 7.15. The summed E-state index contributed by atoms with van der Waals surface area (Å²) in [7, 11) is 0. The number of aliphatic carboxylic acids is 1. The van der Waals surface area contributed by atoms with Gasteiger partial charge in [0.05, 0.1) is 36.0 Å². The number of aromatic nitrogens is 7. The van der Waals surface area contributed by atoms with Crippen LogP contribution < -0.4 is 27.0 Å². The summed E-state index contributed by atoms with van der Waals surface area (Å²) in [6, 6.07) is 8.29. The molecule has 0 unspecified atom stereocenters. The highest BCUT2D eigenvalue weighted by atomic mass is 32.1. The molecular weight excluding hydrogens is 1120 g/mol. The zero-order chi connectivity index (χ0) is 54.8. The van der Waals surface area contributed by atoms with E-state index in [0.717, 1.165) is 28.4 Å². The highest BCUT2D eigenvalue weighted by Gasteiger charge is 2.44. The third-order valence-corrected chi connectivity index (χ3v) is 18.4.